The molecule has 0 fully saturated rings. The number of hydrogen-bond acceptors (Lipinski definition) is 4. The quantitative estimate of drug-likeness (QED) is 0.386. The van der Waals surface area contributed by atoms with Crippen LogP contribution in [0, 0.1) is 11.6 Å². The zero-order chi connectivity index (χ0) is 24.1. The second kappa shape index (κ2) is 9.84. The maximum absolute atomic E-state index is 13.4. The summed E-state index contributed by atoms with van der Waals surface area (Å²) < 4.78 is 55.2. The summed E-state index contributed by atoms with van der Waals surface area (Å²) in [6.07, 6.45) is 4.33. The molecule has 0 bridgehead atoms. The standard InChI is InChI=1S/C24H20F2N4O3S/c25-22-12-11-21(14-23(22)26)34(32,33)29-19-9-7-18(8-10-19)28-24(31)13-6-17-15-27-30(16-17)20-4-2-1-3-5-20/h1-5,7-12,14-16,29H,6,13H2,(H,28,31). The minimum atomic E-state index is -4.10. The van der Waals surface area contributed by atoms with E-state index in [1.807, 2.05) is 36.5 Å². The monoisotopic (exact) mass is 482 g/mol. The largest absolute Gasteiger partial charge is 0.326 e. The summed E-state index contributed by atoms with van der Waals surface area (Å²) in [4.78, 5) is 11.9. The van der Waals surface area contributed by atoms with Gasteiger partial charge >= 0.3 is 0 Å². The van der Waals surface area contributed by atoms with Crippen LogP contribution in [0.2, 0.25) is 0 Å². The van der Waals surface area contributed by atoms with Gasteiger partial charge in [-0.25, -0.2) is 21.9 Å². The van der Waals surface area contributed by atoms with Crippen LogP contribution in [0.5, 0.6) is 0 Å². The number of aromatic nitrogens is 2. The van der Waals surface area contributed by atoms with Gasteiger partial charge < -0.3 is 5.32 Å². The molecule has 3 aromatic carbocycles. The second-order valence-electron chi connectivity index (χ2n) is 7.44. The van der Waals surface area contributed by atoms with Crippen LogP contribution in [0.1, 0.15) is 12.0 Å². The third-order valence-corrected chi connectivity index (χ3v) is 6.30. The summed E-state index contributed by atoms with van der Waals surface area (Å²) in [7, 11) is -4.10. The molecule has 0 saturated heterocycles. The van der Waals surface area contributed by atoms with Gasteiger partial charge in [0.1, 0.15) is 0 Å². The summed E-state index contributed by atoms with van der Waals surface area (Å²) in [5, 5.41) is 7.06. The van der Waals surface area contributed by atoms with E-state index in [1.54, 1.807) is 10.9 Å². The molecule has 7 nitrogen and oxygen atoms in total. The van der Waals surface area contributed by atoms with E-state index in [0.29, 0.717) is 18.2 Å². The number of benzene rings is 3. The number of anilines is 2. The number of nitrogens with zero attached hydrogens (tertiary/aromatic N) is 2. The lowest BCUT2D eigenvalue weighted by Gasteiger charge is -2.10. The maximum Gasteiger partial charge on any atom is 0.261 e. The van der Waals surface area contributed by atoms with Gasteiger partial charge in [-0.15, -0.1) is 0 Å². The van der Waals surface area contributed by atoms with Crippen molar-refractivity contribution in [2.75, 3.05) is 10.0 Å². The number of amides is 1. The van der Waals surface area contributed by atoms with E-state index in [4.69, 9.17) is 0 Å². The van der Waals surface area contributed by atoms with E-state index in [-0.39, 0.29) is 18.0 Å². The first-order valence-electron chi connectivity index (χ1n) is 10.3. The SMILES string of the molecule is O=C(CCc1cnn(-c2ccccc2)c1)Nc1ccc(NS(=O)(=O)c2ccc(F)c(F)c2)cc1. The molecule has 174 valence electrons. The smallest absolute Gasteiger partial charge is 0.261 e. The Hall–Kier alpha value is -4.05. The number of carbonyl (C=O) groups excluding carboxylic acids is 1. The van der Waals surface area contributed by atoms with Gasteiger partial charge in [0, 0.05) is 24.0 Å². The molecule has 0 aliphatic carbocycles. The predicted molar refractivity (Wildman–Crippen MR) is 124 cm³/mol. The molecular weight excluding hydrogens is 462 g/mol. The molecule has 4 aromatic rings. The Labute approximate surface area is 195 Å². The van der Waals surface area contributed by atoms with Crippen molar-refractivity contribution in [1.29, 1.82) is 0 Å². The van der Waals surface area contributed by atoms with Crippen molar-refractivity contribution in [3.63, 3.8) is 0 Å². The highest BCUT2D eigenvalue weighted by atomic mass is 32.2. The topological polar surface area (TPSA) is 93.1 Å². The molecule has 4 rings (SSSR count). The fraction of sp³-hybridized carbons (Fsp3) is 0.0833. The molecule has 0 aliphatic heterocycles. The van der Waals surface area contributed by atoms with Crippen molar-refractivity contribution < 1.29 is 22.0 Å². The van der Waals surface area contributed by atoms with E-state index < -0.39 is 26.6 Å². The number of rotatable bonds is 8. The second-order valence-corrected chi connectivity index (χ2v) is 9.12. The van der Waals surface area contributed by atoms with Gasteiger partial charge in [0.15, 0.2) is 11.6 Å². The maximum atomic E-state index is 13.4. The zero-order valence-corrected chi connectivity index (χ0v) is 18.6. The highest BCUT2D eigenvalue weighted by molar-refractivity contribution is 7.92. The van der Waals surface area contributed by atoms with Gasteiger partial charge in [-0.2, -0.15) is 5.10 Å². The normalized spacial score (nSPS) is 11.2. The molecule has 1 aromatic heterocycles. The van der Waals surface area contributed by atoms with E-state index in [1.165, 1.54) is 24.3 Å². The molecule has 34 heavy (non-hydrogen) atoms. The van der Waals surface area contributed by atoms with E-state index >= 15 is 0 Å². The summed E-state index contributed by atoms with van der Waals surface area (Å²) in [6.45, 7) is 0. The third-order valence-electron chi connectivity index (χ3n) is 4.92. The average Bonchev–Trinajstić information content (AvgIpc) is 3.30. The third kappa shape index (κ3) is 5.65. The van der Waals surface area contributed by atoms with Gasteiger partial charge in [-0.3, -0.25) is 9.52 Å². The molecule has 0 aliphatic rings. The lowest BCUT2D eigenvalue weighted by Crippen LogP contribution is -2.14. The fourth-order valence-electron chi connectivity index (χ4n) is 3.17. The Morgan fingerprint density at radius 2 is 1.62 bits per heavy atom. The van der Waals surface area contributed by atoms with Gasteiger partial charge in [0.25, 0.3) is 10.0 Å². The van der Waals surface area contributed by atoms with Gasteiger partial charge in [0.2, 0.25) is 5.91 Å². The Morgan fingerprint density at radius 1 is 0.912 bits per heavy atom. The molecule has 0 spiro atoms. The molecule has 0 unspecified atom stereocenters. The van der Waals surface area contributed by atoms with Crippen LogP contribution in [-0.2, 0) is 21.2 Å². The van der Waals surface area contributed by atoms with E-state index in [0.717, 1.165) is 23.4 Å². The molecule has 0 atom stereocenters. The first-order chi connectivity index (χ1) is 16.3. The van der Waals surface area contributed by atoms with Crippen molar-refractivity contribution >= 4 is 27.3 Å². The predicted octanol–water partition coefficient (Wildman–Crippen LogP) is 4.52. The van der Waals surface area contributed by atoms with Crippen LogP contribution < -0.4 is 10.0 Å². The Morgan fingerprint density at radius 3 is 2.32 bits per heavy atom. The molecular formula is C24H20F2N4O3S. The molecule has 0 saturated carbocycles. The van der Waals surface area contributed by atoms with Gasteiger partial charge in [-0.05, 0) is 66.6 Å². The minimum Gasteiger partial charge on any atom is -0.326 e. The van der Waals surface area contributed by atoms with Crippen LogP contribution in [-0.4, -0.2) is 24.1 Å². The summed E-state index contributed by atoms with van der Waals surface area (Å²) >= 11 is 0. The number of sulfonamides is 1. The Kier molecular flexibility index (Phi) is 6.69. The van der Waals surface area contributed by atoms with Crippen molar-refractivity contribution in [1.82, 2.24) is 9.78 Å². The highest BCUT2D eigenvalue weighted by Crippen LogP contribution is 2.20. The molecule has 10 heteroatoms. The fourth-order valence-corrected chi connectivity index (χ4v) is 4.24. The number of para-hydroxylation sites is 1. The van der Waals surface area contributed by atoms with Gasteiger partial charge in [0.05, 0.1) is 16.8 Å². The lowest BCUT2D eigenvalue weighted by atomic mass is 10.2. The van der Waals surface area contributed by atoms with E-state index in [9.17, 15) is 22.0 Å². The first kappa shape index (κ1) is 23.1. The van der Waals surface area contributed by atoms with Crippen LogP contribution >= 0.6 is 0 Å². The van der Waals surface area contributed by atoms with Crippen LogP contribution in [0.25, 0.3) is 5.69 Å². The number of aryl methyl sites for hydroxylation is 1. The summed E-state index contributed by atoms with van der Waals surface area (Å²) in [5.74, 6) is -2.60. The van der Waals surface area contributed by atoms with Crippen molar-refractivity contribution in [3.8, 4) is 5.69 Å². The number of carbonyl (C=O) groups is 1. The molecule has 1 amide bonds. The Bertz CT molecular complexity index is 1410. The summed E-state index contributed by atoms with van der Waals surface area (Å²) in [5.41, 5.74) is 2.54. The number of nitrogens with one attached hydrogen (secondary N) is 2. The summed E-state index contributed by atoms with van der Waals surface area (Å²) in [6, 6.07) is 17.9. The van der Waals surface area contributed by atoms with Gasteiger partial charge in [-0.1, -0.05) is 18.2 Å². The molecule has 1 heterocycles. The minimum absolute atomic E-state index is 0.205. The lowest BCUT2D eigenvalue weighted by molar-refractivity contribution is -0.116. The van der Waals surface area contributed by atoms with E-state index in [2.05, 4.69) is 15.1 Å². The van der Waals surface area contributed by atoms with Crippen molar-refractivity contribution in [3.05, 3.63) is 102 Å². The zero-order valence-electron chi connectivity index (χ0n) is 17.8. The highest BCUT2D eigenvalue weighted by Gasteiger charge is 2.17. The van der Waals surface area contributed by atoms with Crippen LogP contribution in [0.3, 0.4) is 0 Å². The first-order valence-corrected chi connectivity index (χ1v) is 11.8. The Balaban J connectivity index is 1.31. The number of halogens is 2. The van der Waals surface area contributed by atoms with Crippen molar-refractivity contribution in [2.24, 2.45) is 0 Å². The molecule has 0 radical (unpaired) electrons. The van der Waals surface area contributed by atoms with Crippen LogP contribution in [0.15, 0.2) is 90.1 Å². The molecule has 2 N–H and O–H groups in total. The van der Waals surface area contributed by atoms with Crippen LogP contribution in [0.4, 0.5) is 20.2 Å². The number of hydrogen-bond donors (Lipinski definition) is 2. The average molecular weight is 483 g/mol. The van der Waals surface area contributed by atoms with Crippen molar-refractivity contribution in [2.45, 2.75) is 17.7 Å².